The van der Waals surface area contributed by atoms with Gasteiger partial charge in [-0.15, -0.1) is 0 Å². The minimum absolute atomic E-state index is 0.0672. The summed E-state index contributed by atoms with van der Waals surface area (Å²) in [6, 6.07) is 31.8. The highest BCUT2D eigenvalue weighted by atomic mass is 16.3. The number of fused-ring (bicyclic) bond motifs is 3. The second-order valence-corrected chi connectivity index (χ2v) is 12.5. The first-order valence-electron chi connectivity index (χ1n) is 14.0. The van der Waals surface area contributed by atoms with Crippen LogP contribution in [-0.2, 0) is 12.5 Å². The lowest BCUT2D eigenvalue weighted by Crippen LogP contribution is -2.32. The molecule has 0 fully saturated rings. The fourth-order valence-electron chi connectivity index (χ4n) is 7.25. The number of benzene rings is 4. The van der Waals surface area contributed by atoms with Gasteiger partial charge in [0.2, 0.25) is 5.69 Å². The van der Waals surface area contributed by atoms with Crippen molar-refractivity contribution in [1.29, 1.82) is 0 Å². The monoisotopic (exact) mass is 506 g/mol. The number of hydrogen-bond donors (Lipinski definition) is 0. The van der Waals surface area contributed by atoms with Crippen LogP contribution in [0.2, 0.25) is 0 Å². The summed E-state index contributed by atoms with van der Waals surface area (Å²) in [6.45, 7) is 9.03. The number of furan rings is 1. The van der Waals surface area contributed by atoms with E-state index in [4.69, 9.17) is 4.42 Å². The summed E-state index contributed by atoms with van der Waals surface area (Å²) in [5.41, 5.74) is 15.5. The van der Waals surface area contributed by atoms with Crippen molar-refractivity contribution in [2.24, 2.45) is 7.05 Å². The molecule has 3 aliphatic carbocycles. The molecule has 0 spiro atoms. The fourth-order valence-corrected chi connectivity index (χ4v) is 7.25. The second kappa shape index (κ2) is 7.70. The van der Waals surface area contributed by atoms with E-state index in [2.05, 4.69) is 130 Å². The number of nitrogens with zero attached hydrogens (tertiary/aromatic N) is 1. The largest absolute Gasteiger partial charge is 0.455 e. The Labute approximate surface area is 229 Å². The van der Waals surface area contributed by atoms with E-state index in [0.29, 0.717) is 0 Å². The second-order valence-electron chi connectivity index (χ2n) is 12.5. The molecule has 0 aliphatic heterocycles. The summed E-state index contributed by atoms with van der Waals surface area (Å²) in [5, 5.41) is 2.40. The van der Waals surface area contributed by atoms with Crippen LogP contribution in [0.5, 0.6) is 0 Å². The van der Waals surface area contributed by atoms with Gasteiger partial charge in [0.1, 0.15) is 18.2 Å². The predicted molar refractivity (Wildman–Crippen MR) is 159 cm³/mol. The molecule has 0 amide bonds. The summed E-state index contributed by atoms with van der Waals surface area (Å²) in [4.78, 5) is 0. The smallest absolute Gasteiger partial charge is 0.216 e. The molecular formula is C37H32NO+. The first kappa shape index (κ1) is 22.8. The van der Waals surface area contributed by atoms with E-state index >= 15 is 0 Å². The Bertz CT molecular complexity index is 1940. The summed E-state index contributed by atoms with van der Waals surface area (Å²) < 4.78 is 9.30. The van der Waals surface area contributed by atoms with Gasteiger partial charge in [-0.3, -0.25) is 0 Å². The molecule has 0 saturated heterocycles. The van der Waals surface area contributed by atoms with Gasteiger partial charge in [0.25, 0.3) is 0 Å². The van der Waals surface area contributed by atoms with Crippen LogP contribution >= 0.6 is 0 Å². The molecular weight excluding hydrogens is 474 g/mol. The van der Waals surface area contributed by atoms with Gasteiger partial charge in [-0.1, -0.05) is 93.6 Å². The molecule has 2 nitrogen and oxygen atoms in total. The summed E-state index contributed by atoms with van der Waals surface area (Å²) in [6.07, 6.45) is 2.19. The maximum Gasteiger partial charge on any atom is 0.216 e. The fraction of sp³-hybridized carbons (Fsp3) is 0.216. The highest BCUT2D eigenvalue weighted by Crippen LogP contribution is 2.58. The number of pyridine rings is 1. The lowest BCUT2D eigenvalue weighted by atomic mass is 9.61. The first-order chi connectivity index (χ1) is 18.8. The van der Waals surface area contributed by atoms with E-state index in [-0.39, 0.29) is 17.3 Å². The minimum atomic E-state index is 0.0672. The molecule has 9 rings (SSSR count). The van der Waals surface area contributed by atoms with Crippen molar-refractivity contribution in [3.8, 4) is 11.3 Å². The maximum atomic E-state index is 7.07. The molecule has 190 valence electrons. The summed E-state index contributed by atoms with van der Waals surface area (Å²) in [7, 11) is 2.14. The Hall–Kier alpha value is -4.17. The van der Waals surface area contributed by atoms with Crippen molar-refractivity contribution < 1.29 is 8.98 Å². The third-order valence-corrected chi connectivity index (χ3v) is 9.20. The maximum absolute atomic E-state index is 7.07. The molecule has 2 aromatic heterocycles. The number of aromatic nitrogens is 1. The normalized spacial score (nSPS) is 17.4. The summed E-state index contributed by atoms with van der Waals surface area (Å²) in [5.74, 6) is 0.434. The van der Waals surface area contributed by atoms with Crippen molar-refractivity contribution in [3.05, 3.63) is 136 Å². The van der Waals surface area contributed by atoms with Crippen LogP contribution in [0.15, 0.2) is 95.5 Å². The van der Waals surface area contributed by atoms with E-state index in [1.807, 2.05) is 0 Å². The van der Waals surface area contributed by atoms with Gasteiger partial charge < -0.3 is 4.42 Å². The van der Waals surface area contributed by atoms with E-state index < -0.39 is 0 Å². The highest BCUT2D eigenvalue weighted by molar-refractivity contribution is 6.11. The molecule has 2 bridgehead atoms. The lowest BCUT2D eigenvalue weighted by molar-refractivity contribution is -0.660. The average molecular weight is 507 g/mol. The molecule has 39 heavy (non-hydrogen) atoms. The lowest BCUT2D eigenvalue weighted by Gasteiger charge is -2.42. The van der Waals surface area contributed by atoms with Crippen LogP contribution < -0.4 is 4.57 Å². The van der Waals surface area contributed by atoms with Crippen LogP contribution in [0.4, 0.5) is 0 Å². The molecule has 0 atom stereocenters. The number of aryl methyl sites for hydroxylation is 2. The van der Waals surface area contributed by atoms with Gasteiger partial charge in [0.15, 0.2) is 6.20 Å². The molecule has 0 saturated carbocycles. The van der Waals surface area contributed by atoms with Gasteiger partial charge in [-0.05, 0) is 51.3 Å². The van der Waals surface area contributed by atoms with Gasteiger partial charge in [0, 0.05) is 40.3 Å². The first-order valence-corrected chi connectivity index (χ1v) is 14.0. The molecule has 2 heteroatoms. The van der Waals surface area contributed by atoms with Crippen LogP contribution in [0.3, 0.4) is 0 Å². The van der Waals surface area contributed by atoms with Gasteiger partial charge in [-0.25, -0.2) is 4.57 Å². The number of hydrogen-bond acceptors (Lipinski definition) is 1. The van der Waals surface area contributed by atoms with Crippen molar-refractivity contribution in [1.82, 2.24) is 0 Å². The van der Waals surface area contributed by atoms with Crippen LogP contribution in [0, 0.1) is 6.92 Å². The Morgan fingerprint density at radius 3 is 1.90 bits per heavy atom. The molecule has 0 N–H and O–H groups in total. The SMILES string of the molecule is Cc1ccc2c(oc3c4c(ccc32)C2c3ccccc3C4c3ccccc32)c1-c1cc(C(C)(C)C)cc[n+]1C. The minimum Gasteiger partial charge on any atom is -0.455 e. The third kappa shape index (κ3) is 3.00. The zero-order valence-electron chi connectivity index (χ0n) is 23.2. The Morgan fingerprint density at radius 1 is 0.667 bits per heavy atom. The predicted octanol–water partition coefficient (Wildman–Crippen LogP) is 8.67. The van der Waals surface area contributed by atoms with Crippen LogP contribution in [-0.4, -0.2) is 0 Å². The highest BCUT2D eigenvalue weighted by Gasteiger charge is 2.43. The van der Waals surface area contributed by atoms with Crippen LogP contribution in [0.25, 0.3) is 33.2 Å². The van der Waals surface area contributed by atoms with Gasteiger partial charge in [-0.2, -0.15) is 0 Å². The molecule has 4 aromatic carbocycles. The Balaban J connectivity index is 1.45. The zero-order chi connectivity index (χ0) is 26.6. The van der Waals surface area contributed by atoms with Crippen molar-refractivity contribution in [2.75, 3.05) is 0 Å². The number of rotatable bonds is 1. The summed E-state index contributed by atoms with van der Waals surface area (Å²) >= 11 is 0. The zero-order valence-corrected chi connectivity index (χ0v) is 23.2. The standard InChI is InChI=1S/C37H32NO/c1-21-14-15-27-28-16-17-29-32-23-10-6-8-12-25(23)33(26-13-9-7-11-24(26)32)34(29)36(28)39-35(27)31(21)30-20-22(37(2,3)4)18-19-38(30)5/h6-20,32-33H,1-5H3/q+1. The molecule has 0 radical (unpaired) electrons. The van der Waals surface area contributed by atoms with Crippen molar-refractivity contribution >= 4 is 21.9 Å². The molecule has 6 aromatic rings. The van der Waals surface area contributed by atoms with Gasteiger partial charge >= 0.3 is 0 Å². The van der Waals surface area contributed by atoms with E-state index in [9.17, 15) is 0 Å². The molecule has 3 aliphatic rings. The van der Waals surface area contributed by atoms with Crippen molar-refractivity contribution in [2.45, 2.75) is 44.9 Å². The van der Waals surface area contributed by atoms with E-state index in [1.165, 1.54) is 66.5 Å². The quantitative estimate of drug-likeness (QED) is 0.204. The average Bonchev–Trinajstić information content (AvgIpc) is 3.31. The molecule has 0 unspecified atom stereocenters. The topological polar surface area (TPSA) is 17.0 Å². The van der Waals surface area contributed by atoms with E-state index in [1.54, 1.807) is 0 Å². The Morgan fingerprint density at radius 2 is 1.26 bits per heavy atom. The van der Waals surface area contributed by atoms with Gasteiger partial charge in [0.05, 0.1) is 5.56 Å². The van der Waals surface area contributed by atoms with E-state index in [0.717, 1.165) is 11.2 Å². The molecule has 2 heterocycles. The van der Waals surface area contributed by atoms with Crippen molar-refractivity contribution in [3.63, 3.8) is 0 Å². The third-order valence-electron chi connectivity index (χ3n) is 9.20. The van der Waals surface area contributed by atoms with Crippen LogP contribution in [0.1, 0.15) is 77.1 Å². The Kier molecular flexibility index (Phi) is 4.50.